The van der Waals surface area contributed by atoms with Gasteiger partial charge in [-0.3, -0.25) is 4.79 Å². The zero-order valence-corrected chi connectivity index (χ0v) is 29.0. The maximum Gasteiger partial charge on any atom is 0.192 e. The van der Waals surface area contributed by atoms with E-state index in [0.717, 1.165) is 32.1 Å². The topological polar surface area (TPSA) is 35.5 Å². The minimum Gasteiger partial charge on any atom is -0.414 e. The highest BCUT2D eigenvalue weighted by molar-refractivity contribution is 6.74. The Balaban J connectivity index is 1.74. The first kappa shape index (κ1) is 30.5. The Hall–Kier alpha value is -0.496. The molecule has 2 unspecified atom stereocenters. The van der Waals surface area contributed by atoms with Crippen molar-refractivity contribution >= 4 is 22.4 Å². The Bertz CT molecular complexity index is 1010. The zero-order chi connectivity index (χ0) is 28.7. The summed E-state index contributed by atoms with van der Waals surface area (Å²) in [4.78, 5) is 12.6. The molecule has 4 rings (SSSR count). The van der Waals surface area contributed by atoms with Crippen LogP contribution >= 0.6 is 0 Å². The van der Waals surface area contributed by atoms with E-state index >= 15 is 0 Å². The molecule has 3 nitrogen and oxygen atoms in total. The number of rotatable bonds is 5. The van der Waals surface area contributed by atoms with E-state index in [2.05, 4.69) is 93.7 Å². The molecule has 7 atom stereocenters. The van der Waals surface area contributed by atoms with Gasteiger partial charge >= 0.3 is 0 Å². The van der Waals surface area contributed by atoms with Crippen LogP contribution in [0.1, 0.15) is 101 Å². The van der Waals surface area contributed by atoms with Crippen molar-refractivity contribution in [2.45, 2.75) is 149 Å². The molecule has 3 saturated carbocycles. The monoisotopic (exact) mass is 558 g/mol. The second kappa shape index (κ2) is 9.53. The molecule has 0 aromatic rings. The second-order valence-corrected chi connectivity index (χ2v) is 26.4. The van der Waals surface area contributed by atoms with Crippen molar-refractivity contribution in [3.63, 3.8) is 0 Å². The molecule has 0 amide bonds. The van der Waals surface area contributed by atoms with E-state index in [4.69, 9.17) is 8.85 Å². The van der Waals surface area contributed by atoms with Gasteiger partial charge in [0.1, 0.15) is 5.78 Å². The Morgan fingerprint density at radius 3 is 2.00 bits per heavy atom. The summed E-state index contributed by atoms with van der Waals surface area (Å²) in [5.74, 6) is 1.66. The Morgan fingerprint density at radius 1 is 0.868 bits per heavy atom. The van der Waals surface area contributed by atoms with Gasteiger partial charge in [0.15, 0.2) is 16.6 Å². The number of hydrogen-bond donors (Lipinski definition) is 0. The van der Waals surface area contributed by atoms with Gasteiger partial charge in [0.05, 0.1) is 12.2 Å². The van der Waals surface area contributed by atoms with Crippen molar-refractivity contribution in [2.24, 2.45) is 28.6 Å². The normalized spacial score (nSPS) is 38.1. The maximum absolute atomic E-state index is 12.6. The number of allylic oxidation sites excluding steroid dienone is 3. The molecule has 0 saturated heterocycles. The van der Waals surface area contributed by atoms with Crippen molar-refractivity contribution in [1.82, 2.24) is 0 Å². The van der Waals surface area contributed by atoms with E-state index < -0.39 is 16.6 Å². The molecule has 5 heteroatoms. The van der Waals surface area contributed by atoms with Crippen LogP contribution in [0, 0.1) is 28.6 Å². The summed E-state index contributed by atoms with van der Waals surface area (Å²) in [6.45, 7) is 30.5. The third kappa shape index (κ3) is 4.83. The second-order valence-electron chi connectivity index (χ2n) is 16.8. The van der Waals surface area contributed by atoms with Crippen molar-refractivity contribution in [1.29, 1.82) is 0 Å². The fourth-order valence-electron chi connectivity index (χ4n) is 8.06. The molecule has 3 fully saturated rings. The lowest BCUT2D eigenvalue weighted by atomic mass is 9.49. The molecule has 0 radical (unpaired) electrons. The lowest BCUT2D eigenvalue weighted by Crippen LogP contribution is -2.58. The van der Waals surface area contributed by atoms with Gasteiger partial charge in [-0.2, -0.15) is 0 Å². The molecule has 0 spiro atoms. The van der Waals surface area contributed by atoms with Crippen molar-refractivity contribution in [3.05, 3.63) is 23.3 Å². The number of hydrogen-bond acceptors (Lipinski definition) is 3. The molecule has 4 aliphatic rings. The van der Waals surface area contributed by atoms with Crippen LogP contribution in [0.15, 0.2) is 23.3 Å². The van der Waals surface area contributed by atoms with Crippen LogP contribution in [-0.4, -0.2) is 34.6 Å². The molecule has 0 aromatic carbocycles. The van der Waals surface area contributed by atoms with Crippen molar-refractivity contribution < 1.29 is 13.6 Å². The van der Waals surface area contributed by atoms with Gasteiger partial charge in [-0.25, -0.2) is 0 Å². The highest BCUT2D eigenvalue weighted by Gasteiger charge is 2.60. The first-order valence-corrected chi connectivity index (χ1v) is 21.2. The first-order chi connectivity index (χ1) is 17.1. The van der Waals surface area contributed by atoms with Crippen molar-refractivity contribution in [3.8, 4) is 0 Å². The van der Waals surface area contributed by atoms with E-state index in [-0.39, 0.29) is 39.0 Å². The smallest absolute Gasteiger partial charge is 0.192 e. The third-order valence-corrected chi connectivity index (χ3v) is 21.6. The average Bonchev–Trinajstić information content (AvgIpc) is 3.10. The highest BCUT2D eigenvalue weighted by atomic mass is 28.4. The number of fused-ring (bicyclic) bond motifs is 5. The SMILES string of the molecule is CC(=O)[C@H]1CC[C@H]2C3=CC=C4CC(O[Si](C)(C)C(C)(C)C)CC(O[Si](C)(C)C(C)(C)C)[C@]4(C)[C@H]3CC[C@]12C. The van der Waals surface area contributed by atoms with Crippen LogP contribution in [0.25, 0.3) is 0 Å². The van der Waals surface area contributed by atoms with E-state index in [1.54, 1.807) is 11.1 Å². The molecule has 4 aliphatic carbocycles. The molecule has 0 N–H and O–H groups in total. The number of carbonyl (C=O) groups excluding carboxylic acids is 1. The van der Waals surface area contributed by atoms with Gasteiger partial charge in [-0.1, -0.05) is 78.7 Å². The van der Waals surface area contributed by atoms with Gasteiger partial charge in [0, 0.05) is 11.3 Å². The molecular weight excluding hydrogens is 501 g/mol. The predicted molar refractivity (Wildman–Crippen MR) is 165 cm³/mol. The van der Waals surface area contributed by atoms with E-state index in [0.29, 0.717) is 17.6 Å². The molecule has 0 aliphatic heterocycles. The summed E-state index contributed by atoms with van der Waals surface area (Å²) in [5.41, 5.74) is 3.30. The predicted octanol–water partition coefficient (Wildman–Crippen LogP) is 9.47. The number of Topliss-reactive ketones (excluding diaryl/α,β-unsaturated/α-hetero) is 1. The standard InChI is InChI=1S/C33H58O3Si2/c1-22(34)26-16-17-27-25-15-14-23-20-24(35-37(10,11)30(2,3)4)21-29(36-38(12,13)31(5,6)7)33(23,9)28(25)18-19-32(26,27)8/h14-15,24,26-29H,16-21H2,1-13H3/t24?,26-,27+,28+,29?,32-,33+/m1/s1. The number of ketones is 1. The molecule has 216 valence electrons. The summed E-state index contributed by atoms with van der Waals surface area (Å²) in [7, 11) is -3.90. The maximum atomic E-state index is 12.6. The summed E-state index contributed by atoms with van der Waals surface area (Å²) >= 11 is 0. The van der Waals surface area contributed by atoms with Crippen LogP contribution in [0.3, 0.4) is 0 Å². The van der Waals surface area contributed by atoms with E-state index in [9.17, 15) is 4.79 Å². The van der Waals surface area contributed by atoms with Crippen LogP contribution in [0.4, 0.5) is 0 Å². The minimum atomic E-state index is -2.00. The molecule has 0 aromatic heterocycles. The number of carbonyl (C=O) groups is 1. The quantitative estimate of drug-likeness (QED) is 0.315. The van der Waals surface area contributed by atoms with Crippen LogP contribution < -0.4 is 0 Å². The van der Waals surface area contributed by atoms with Gasteiger partial charge < -0.3 is 8.85 Å². The van der Waals surface area contributed by atoms with Crippen LogP contribution in [0.5, 0.6) is 0 Å². The van der Waals surface area contributed by atoms with E-state index in [1.165, 1.54) is 6.42 Å². The summed E-state index contributed by atoms with van der Waals surface area (Å²) < 4.78 is 14.5. The molecule has 38 heavy (non-hydrogen) atoms. The Labute approximate surface area is 236 Å². The molecule has 0 heterocycles. The lowest BCUT2D eigenvalue weighted by Gasteiger charge is -2.59. The minimum absolute atomic E-state index is 0.00251. The van der Waals surface area contributed by atoms with Gasteiger partial charge in [0.25, 0.3) is 0 Å². The van der Waals surface area contributed by atoms with Gasteiger partial charge in [-0.05, 0) is 99.0 Å². The first-order valence-electron chi connectivity index (χ1n) is 15.4. The third-order valence-electron chi connectivity index (χ3n) is 12.6. The van der Waals surface area contributed by atoms with Crippen LogP contribution in [0.2, 0.25) is 36.3 Å². The average molecular weight is 559 g/mol. The van der Waals surface area contributed by atoms with E-state index in [1.807, 2.05) is 6.92 Å². The largest absolute Gasteiger partial charge is 0.414 e. The summed E-state index contributed by atoms with van der Waals surface area (Å²) in [6.07, 6.45) is 11.9. The van der Waals surface area contributed by atoms with Gasteiger partial charge in [0.2, 0.25) is 0 Å². The molecular formula is C33H58O3Si2. The lowest BCUT2D eigenvalue weighted by molar-refractivity contribution is -0.125. The fraction of sp³-hybridized carbons (Fsp3) is 0.848. The molecule has 0 bridgehead atoms. The van der Waals surface area contributed by atoms with Crippen molar-refractivity contribution in [2.75, 3.05) is 0 Å². The Kier molecular flexibility index (Phi) is 7.64. The highest BCUT2D eigenvalue weighted by Crippen LogP contribution is 2.66. The Morgan fingerprint density at radius 2 is 1.45 bits per heavy atom. The fourth-order valence-corrected chi connectivity index (χ4v) is 10.8. The zero-order valence-electron chi connectivity index (χ0n) is 27.0. The summed E-state index contributed by atoms with van der Waals surface area (Å²) in [5, 5.41) is 0.361. The van der Waals surface area contributed by atoms with Crippen LogP contribution in [-0.2, 0) is 13.6 Å². The van der Waals surface area contributed by atoms with Gasteiger partial charge in [-0.15, -0.1) is 0 Å². The summed E-state index contributed by atoms with van der Waals surface area (Å²) in [6, 6.07) is 0.